The molecule has 6 heteroatoms. The summed E-state index contributed by atoms with van der Waals surface area (Å²) in [4.78, 5) is 28.8. The van der Waals surface area contributed by atoms with Crippen molar-refractivity contribution in [2.45, 2.75) is 32.2 Å². The quantitative estimate of drug-likeness (QED) is 0.671. The number of aliphatic hydroxyl groups excluding tert-OH is 1. The van der Waals surface area contributed by atoms with Crippen LogP contribution in [-0.2, 0) is 4.79 Å². The molecule has 154 valence electrons. The van der Waals surface area contributed by atoms with Crippen molar-refractivity contribution in [1.82, 2.24) is 4.90 Å². The second kappa shape index (κ2) is 8.66. The second-order valence-electron chi connectivity index (χ2n) is 8.10. The third kappa shape index (κ3) is 4.27. The first-order valence-electron chi connectivity index (χ1n) is 10.0. The molecule has 2 heterocycles. The summed E-state index contributed by atoms with van der Waals surface area (Å²) in [6.45, 7) is 5.56. The molecule has 0 fully saturated rings. The Balaban J connectivity index is 1.99. The Kier molecular flexibility index (Phi) is 6.23. The minimum Gasteiger partial charge on any atom is -0.503 e. The van der Waals surface area contributed by atoms with Crippen molar-refractivity contribution in [2.24, 2.45) is 0 Å². The maximum absolute atomic E-state index is 13.1. The van der Waals surface area contributed by atoms with E-state index in [1.807, 2.05) is 24.3 Å². The molecule has 0 spiro atoms. The molecular weight excluding hydrogens is 368 g/mol. The molecule has 1 aliphatic heterocycles. The minimum absolute atomic E-state index is 0.0828. The molecule has 0 bridgehead atoms. The number of Topliss-reactive ketones (excluding diaryl/α,β-unsaturated/α-hetero) is 1. The van der Waals surface area contributed by atoms with Crippen LogP contribution < -0.4 is 4.90 Å². The Bertz CT molecular complexity index is 895. The predicted molar refractivity (Wildman–Crippen MR) is 110 cm³/mol. The fourth-order valence-electron chi connectivity index (χ4n) is 3.67. The zero-order valence-corrected chi connectivity index (χ0v) is 17.4. The summed E-state index contributed by atoms with van der Waals surface area (Å²) in [5.41, 5.74) is 2.06. The average Bonchev–Trinajstić information content (AvgIpc) is 3.30. The number of aliphatic hydroxyl groups is 1. The van der Waals surface area contributed by atoms with E-state index in [0.717, 1.165) is 18.5 Å². The molecule has 0 saturated carbocycles. The van der Waals surface area contributed by atoms with E-state index in [-0.39, 0.29) is 11.3 Å². The molecule has 1 aromatic carbocycles. The maximum Gasteiger partial charge on any atom is 0.290 e. The normalized spacial score (nSPS) is 17.1. The Labute approximate surface area is 171 Å². The number of furan rings is 1. The fraction of sp³-hybridized carbons (Fsp3) is 0.391. The Morgan fingerprint density at radius 1 is 1.21 bits per heavy atom. The summed E-state index contributed by atoms with van der Waals surface area (Å²) in [5, 5.41) is 10.6. The number of nitrogens with one attached hydrogen (secondary N) is 1. The van der Waals surface area contributed by atoms with Crippen LogP contribution in [0.1, 0.15) is 53.9 Å². The topological polar surface area (TPSA) is 75.2 Å². The van der Waals surface area contributed by atoms with Gasteiger partial charge in [0.15, 0.2) is 11.5 Å². The smallest absolute Gasteiger partial charge is 0.290 e. The molecule has 1 aliphatic rings. The first-order chi connectivity index (χ1) is 13.8. The lowest BCUT2D eigenvalue weighted by atomic mass is 9.93. The van der Waals surface area contributed by atoms with Crippen LogP contribution in [0.15, 0.2) is 58.4 Å². The monoisotopic (exact) mass is 397 g/mol. The van der Waals surface area contributed by atoms with Crippen molar-refractivity contribution in [1.29, 1.82) is 0 Å². The number of ketones is 1. The number of quaternary nitrogens is 1. The van der Waals surface area contributed by atoms with Gasteiger partial charge in [-0.3, -0.25) is 9.59 Å². The lowest BCUT2D eigenvalue weighted by molar-refractivity contribution is -0.858. The van der Waals surface area contributed by atoms with Crippen molar-refractivity contribution in [3.8, 4) is 0 Å². The minimum atomic E-state index is -0.626. The van der Waals surface area contributed by atoms with Crippen molar-refractivity contribution in [3.05, 3.63) is 70.9 Å². The van der Waals surface area contributed by atoms with Gasteiger partial charge in [0.1, 0.15) is 0 Å². The van der Waals surface area contributed by atoms with Crippen LogP contribution in [-0.4, -0.2) is 48.9 Å². The van der Waals surface area contributed by atoms with Crippen molar-refractivity contribution in [2.75, 3.05) is 27.2 Å². The zero-order valence-electron chi connectivity index (χ0n) is 17.4. The van der Waals surface area contributed by atoms with Crippen LogP contribution >= 0.6 is 0 Å². The van der Waals surface area contributed by atoms with E-state index in [0.29, 0.717) is 12.5 Å². The zero-order chi connectivity index (χ0) is 21.1. The number of carbonyl (C=O) groups is 2. The van der Waals surface area contributed by atoms with Gasteiger partial charge in [-0.15, -0.1) is 0 Å². The highest BCUT2D eigenvalue weighted by Gasteiger charge is 2.44. The summed E-state index contributed by atoms with van der Waals surface area (Å²) >= 11 is 0. The van der Waals surface area contributed by atoms with Crippen LogP contribution in [0.3, 0.4) is 0 Å². The summed E-state index contributed by atoms with van der Waals surface area (Å²) in [6, 6.07) is 10.4. The summed E-state index contributed by atoms with van der Waals surface area (Å²) in [7, 11) is 4.10. The fourth-order valence-corrected chi connectivity index (χ4v) is 3.67. The van der Waals surface area contributed by atoms with Gasteiger partial charge in [-0.05, 0) is 29.2 Å². The Morgan fingerprint density at radius 3 is 2.45 bits per heavy atom. The molecular formula is C23H29N2O4+. The van der Waals surface area contributed by atoms with E-state index in [1.165, 1.54) is 16.7 Å². The van der Waals surface area contributed by atoms with Crippen molar-refractivity contribution >= 4 is 11.7 Å². The van der Waals surface area contributed by atoms with E-state index in [2.05, 4.69) is 27.9 Å². The van der Waals surface area contributed by atoms with Crippen LogP contribution in [0, 0.1) is 0 Å². The number of nitrogens with zero attached hydrogens (tertiary/aromatic N) is 1. The lowest BCUT2D eigenvalue weighted by Gasteiger charge is -2.27. The van der Waals surface area contributed by atoms with Crippen LogP contribution in [0.2, 0.25) is 0 Å². The largest absolute Gasteiger partial charge is 0.503 e. The number of amides is 1. The Morgan fingerprint density at radius 2 is 1.90 bits per heavy atom. The van der Waals surface area contributed by atoms with Gasteiger partial charge in [-0.25, -0.2) is 0 Å². The summed E-state index contributed by atoms with van der Waals surface area (Å²) in [6.07, 6.45) is 2.18. The molecule has 2 aromatic rings. The number of rotatable bonds is 8. The number of carbonyl (C=O) groups excluding carboxylic acids is 2. The maximum atomic E-state index is 13.1. The second-order valence-corrected chi connectivity index (χ2v) is 8.10. The van der Waals surface area contributed by atoms with Gasteiger partial charge in [0.05, 0.1) is 38.5 Å². The van der Waals surface area contributed by atoms with E-state index in [1.54, 1.807) is 17.0 Å². The molecule has 29 heavy (non-hydrogen) atoms. The van der Waals surface area contributed by atoms with E-state index in [9.17, 15) is 14.7 Å². The predicted octanol–water partition coefficient (Wildman–Crippen LogP) is 2.52. The van der Waals surface area contributed by atoms with Gasteiger partial charge in [0.25, 0.3) is 5.91 Å². The highest BCUT2D eigenvalue weighted by Crippen LogP contribution is 2.39. The van der Waals surface area contributed by atoms with Gasteiger partial charge < -0.3 is 19.3 Å². The SMILES string of the molecule is CC(C)c1ccc([C@H]2C(C(=O)c3ccco3)=C(O)C(=O)N2CCC[NH+](C)C)cc1. The van der Waals surface area contributed by atoms with E-state index in [4.69, 9.17) is 4.42 Å². The van der Waals surface area contributed by atoms with Crippen LogP contribution in [0.5, 0.6) is 0 Å². The van der Waals surface area contributed by atoms with Crippen molar-refractivity contribution in [3.63, 3.8) is 0 Å². The summed E-state index contributed by atoms with van der Waals surface area (Å²) < 4.78 is 5.25. The molecule has 6 nitrogen and oxygen atoms in total. The molecule has 0 saturated heterocycles. The summed E-state index contributed by atoms with van der Waals surface area (Å²) in [5.74, 6) is -0.961. The number of hydrogen-bond donors (Lipinski definition) is 2. The highest BCUT2D eigenvalue weighted by atomic mass is 16.3. The Hall–Kier alpha value is -2.86. The molecule has 0 unspecified atom stereocenters. The first-order valence-corrected chi connectivity index (χ1v) is 10.0. The molecule has 1 aromatic heterocycles. The average molecular weight is 397 g/mol. The molecule has 0 radical (unpaired) electrons. The van der Waals surface area contributed by atoms with Gasteiger partial charge in [0, 0.05) is 13.0 Å². The van der Waals surface area contributed by atoms with Crippen molar-refractivity contribution < 1.29 is 24.0 Å². The highest BCUT2D eigenvalue weighted by molar-refractivity contribution is 6.15. The number of benzene rings is 1. The molecule has 1 amide bonds. The van der Waals surface area contributed by atoms with Gasteiger partial charge in [-0.1, -0.05) is 38.1 Å². The molecule has 1 atom stereocenters. The third-order valence-electron chi connectivity index (χ3n) is 5.29. The van der Waals surface area contributed by atoms with E-state index < -0.39 is 23.5 Å². The standard InChI is InChI=1S/C23H28N2O4/c1-15(2)16-8-10-17(11-9-16)20-19(21(26)18-7-5-14-29-18)22(27)23(28)25(20)13-6-12-24(3)4/h5,7-11,14-15,20,27H,6,12-13H2,1-4H3/p+1/t20-/m0/s1. The number of hydrogen-bond acceptors (Lipinski definition) is 4. The first kappa shape index (κ1) is 20.9. The van der Waals surface area contributed by atoms with E-state index >= 15 is 0 Å². The van der Waals surface area contributed by atoms with Gasteiger partial charge in [0.2, 0.25) is 5.78 Å². The van der Waals surface area contributed by atoms with Gasteiger partial charge in [-0.2, -0.15) is 0 Å². The third-order valence-corrected chi connectivity index (χ3v) is 5.29. The lowest BCUT2D eigenvalue weighted by Crippen LogP contribution is -3.05. The molecule has 0 aliphatic carbocycles. The van der Waals surface area contributed by atoms with Crippen LogP contribution in [0.25, 0.3) is 0 Å². The molecule has 3 rings (SSSR count). The van der Waals surface area contributed by atoms with Crippen LogP contribution in [0.4, 0.5) is 0 Å². The van der Waals surface area contributed by atoms with Gasteiger partial charge >= 0.3 is 0 Å². The molecule has 2 N–H and O–H groups in total.